The molecule has 0 bridgehead atoms. The molecule has 0 heterocycles. The van der Waals surface area contributed by atoms with Gasteiger partial charge in [-0.05, 0) is 0 Å². The van der Waals surface area contributed by atoms with Crippen molar-refractivity contribution in [3.8, 4) is 6.19 Å². The van der Waals surface area contributed by atoms with Gasteiger partial charge in [0.2, 0.25) is 6.19 Å². The van der Waals surface area contributed by atoms with E-state index in [1.165, 1.54) is 5.48 Å². The summed E-state index contributed by atoms with van der Waals surface area (Å²) in [7, 11) is -10.0. The van der Waals surface area contributed by atoms with Crippen LogP contribution in [0, 0.1) is 11.5 Å². The maximum Gasteiger partial charge on any atom is 0.503 e. The van der Waals surface area contributed by atoms with E-state index in [2.05, 4.69) is 8.94 Å². The Morgan fingerprint density at radius 1 is 1.31 bits per heavy atom. The van der Waals surface area contributed by atoms with Crippen molar-refractivity contribution in [1.29, 1.82) is 5.26 Å². The minimum absolute atomic E-state index is 0. The van der Waals surface area contributed by atoms with Crippen LogP contribution < -0.4 is 5.48 Å². The molecule has 9 nitrogen and oxygen atoms in total. The smallest absolute Gasteiger partial charge is 0.302 e. The number of hydrogen-bond acceptors (Lipinski definition) is 6. The third kappa shape index (κ3) is 10.1. The van der Waals surface area contributed by atoms with Gasteiger partial charge in [0.05, 0.1) is 0 Å². The van der Waals surface area contributed by atoms with Gasteiger partial charge in [-0.25, -0.2) is 9.13 Å². The quantitative estimate of drug-likeness (QED) is 0.171. The zero-order valence-electron chi connectivity index (χ0n) is 6.02. The maximum absolute atomic E-state index is 10.4. The van der Waals surface area contributed by atoms with Crippen molar-refractivity contribution in [3.63, 3.8) is 0 Å². The molecule has 0 aliphatic carbocycles. The normalized spacial score (nSPS) is 14.9. The fourth-order valence-electron chi connectivity index (χ4n) is 0.229. The molecular formula is CH4N2O7P2Zn. The Hall–Kier alpha value is 0.173. The summed E-state index contributed by atoms with van der Waals surface area (Å²) >= 11 is 0. The number of nitrogens with one attached hydrogen (secondary N) is 1. The first-order valence-corrected chi connectivity index (χ1v) is 5.22. The van der Waals surface area contributed by atoms with Gasteiger partial charge >= 0.3 is 15.6 Å². The van der Waals surface area contributed by atoms with Crippen LogP contribution in [0.4, 0.5) is 0 Å². The molecule has 0 saturated carbocycles. The second kappa shape index (κ2) is 5.81. The first kappa shape index (κ1) is 15.6. The molecule has 13 heavy (non-hydrogen) atoms. The molecule has 1 atom stereocenters. The number of nitriles is 1. The molecule has 12 heteroatoms. The van der Waals surface area contributed by atoms with Crippen LogP contribution >= 0.6 is 15.6 Å². The van der Waals surface area contributed by atoms with Gasteiger partial charge in [-0.15, -0.1) is 0 Å². The van der Waals surface area contributed by atoms with E-state index in [0.717, 1.165) is 6.19 Å². The van der Waals surface area contributed by atoms with Gasteiger partial charge in [-0.2, -0.15) is 19.7 Å². The van der Waals surface area contributed by atoms with Crippen LogP contribution in [0.25, 0.3) is 0 Å². The molecule has 72 valence electrons. The predicted octanol–water partition coefficient (Wildman–Crippen LogP) is -0.804. The predicted molar refractivity (Wildman–Crippen MR) is 32.8 cm³/mol. The summed E-state index contributed by atoms with van der Waals surface area (Å²) in [6.07, 6.45) is 1.07. The van der Waals surface area contributed by atoms with Gasteiger partial charge in [0.1, 0.15) is 0 Å². The largest absolute Gasteiger partial charge is 0.503 e. The Bertz CT molecular complexity index is 279. The van der Waals surface area contributed by atoms with E-state index in [0.29, 0.717) is 0 Å². The number of hydrogen-bond donors (Lipinski definition) is 4. The van der Waals surface area contributed by atoms with Gasteiger partial charge in [-0.1, -0.05) is 0 Å². The summed E-state index contributed by atoms with van der Waals surface area (Å²) in [6.45, 7) is 0. The Morgan fingerprint density at radius 2 is 1.77 bits per heavy atom. The summed E-state index contributed by atoms with van der Waals surface area (Å²) in [5.41, 5.74) is 1.24. The van der Waals surface area contributed by atoms with Crippen LogP contribution in [-0.2, 0) is 37.5 Å². The average Bonchev–Trinajstić information content (AvgIpc) is 1.78. The van der Waals surface area contributed by atoms with E-state index in [9.17, 15) is 9.13 Å². The van der Waals surface area contributed by atoms with Gasteiger partial charge in [-0.3, -0.25) is 0 Å². The van der Waals surface area contributed by atoms with Crippen molar-refractivity contribution in [3.05, 3.63) is 0 Å². The van der Waals surface area contributed by atoms with Gasteiger partial charge in [0, 0.05) is 19.5 Å². The molecule has 0 fully saturated rings. The van der Waals surface area contributed by atoms with Gasteiger partial charge < -0.3 is 14.7 Å². The van der Waals surface area contributed by atoms with E-state index in [1.54, 1.807) is 0 Å². The third-order valence-electron chi connectivity index (χ3n) is 0.416. The zero-order chi connectivity index (χ0) is 9.83. The topological polar surface area (TPSA) is 149 Å². The number of phosphoric acid groups is 2. The van der Waals surface area contributed by atoms with Crippen molar-refractivity contribution in [1.82, 2.24) is 5.48 Å². The van der Waals surface area contributed by atoms with Crippen LogP contribution in [0.3, 0.4) is 0 Å². The van der Waals surface area contributed by atoms with Gasteiger partial charge in [0.25, 0.3) is 0 Å². The molecule has 0 aromatic heterocycles. The van der Waals surface area contributed by atoms with E-state index in [4.69, 9.17) is 19.9 Å². The van der Waals surface area contributed by atoms with Crippen molar-refractivity contribution in [2.24, 2.45) is 0 Å². The molecule has 0 spiro atoms. The minimum Gasteiger partial charge on any atom is -0.302 e. The molecule has 0 rings (SSSR count). The maximum atomic E-state index is 10.4. The standard InChI is InChI=1S/CH4N2O7P2.Zn/c2-1-3-9-12(7,8)10-11(4,5)6;/h3H,(H,7,8)(H2,4,5,6);. The second-order valence-electron chi connectivity index (χ2n) is 1.35. The first-order valence-electron chi connectivity index (χ1n) is 2.19. The molecule has 0 aromatic carbocycles. The van der Waals surface area contributed by atoms with E-state index in [1.807, 2.05) is 0 Å². The number of hydroxylamine groups is 1. The minimum atomic E-state index is -5.11. The summed E-state index contributed by atoms with van der Waals surface area (Å²) in [5, 5.41) is 7.76. The second-order valence-corrected chi connectivity index (χ2v) is 4.10. The number of nitrogens with zero attached hydrogens (tertiary/aromatic N) is 1. The SMILES string of the molecule is N#CNOP(=O)(O)OP(=O)(O)O.[Zn]. The summed E-state index contributed by atoms with van der Waals surface area (Å²) in [4.78, 5) is 24.4. The molecule has 0 radical (unpaired) electrons. The first-order chi connectivity index (χ1) is 5.27. The van der Waals surface area contributed by atoms with Crippen molar-refractivity contribution in [2.45, 2.75) is 0 Å². The van der Waals surface area contributed by atoms with Crippen LogP contribution in [0.5, 0.6) is 0 Å². The monoisotopic (exact) mass is 282 g/mol. The molecule has 0 saturated heterocycles. The van der Waals surface area contributed by atoms with Crippen molar-refractivity contribution >= 4 is 15.6 Å². The Balaban J connectivity index is 0. The zero-order valence-corrected chi connectivity index (χ0v) is 10.8. The van der Waals surface area contributed by atoms with Crippen LogP contribution in [0.2, 0.25) is 0 Å². The molecule has 0 aliphatic rings. The molecule has 1 unspecified atom stereocenters. The van der Waals surface area contributed by atoms with Crippen molar-refractivity contribution in [2.75, 3.05) is 0 Å². The van der Waals surface area contributed by atoms with Crippen molar-refractivity contribution < 1.29 is 52.2 Å². The molecular weight excluding hydrogens is 279 g/mol. The van der Waals surface area contributed by atoms with Gasteiger partial charge in [0.15, 0.2) is 0 Å². The van der Waals surface area contributed by atoms with Crippen LogP contribution in [0.15, 0.2) is 0 Å². The summed E-state index contributed by atoms with van der Waals surface area (Å²) < 4.78 is 27.2. The van der Waals surface area contributed by atoms with E-state index >= 15 is 0 Å². The van der Waals surface area contributed by atoms with Crippen LogP contribution in [0.1, 0.15) is 0 Å². The molecule has 0 aliphatic heterocycles. The van der Waals surface area contributed by atoms with E-state index < -0.39 is 15.6 Å². The van der Waals surface area contributed by atoms with E-state index in [-0.39, 0.29) is 19.5 Å². The molecule has 4 N–H and O–H groups in total. The number of rotatable bonds is 4. The molecule has 0 amide bonds. The average molecular weight is 283 g/mol. The fourth-order valence-corrected chi connectivity index (χ4v) is 1.59. The summed E-state index contributed by atoms with van der Waals surface area (Å²) in [6, 6.07) is 0. The Labute approximate surface area is 85.2 Å². The summed E-state index contributed by atoms with van der Waals surface area (Å²) in [5.74, 6) is 0. The van der Waals surface area contributed by atoms with Crippen LogP contribution in [-0.4, -0.2) is 14.7 Å². The Kier molecular flexibility index (Phi) is 6.99. The molecule has 0 aromatic rings. The third-order valence-corrected chi connectivity index (χ3v) is 2.41. The Morgan fingerprint density at radius 3 is 2.08 bits per heavy atom. The fraction of sp³-hybridized carbons (Fsp3) is 0.